The summed E-state index contributed by atoms with van der Waals surface area (Å²) in [6, 6.07) is 1.71. The van der Waals surface area contributed by atoms with Crippen LogP contribution in [0.4, 0.5) is 0 Å². The van der Waals surface area contributed by atoms with Crippen molar-refractivity contribution < 1.29 is 33.6 Å². The Labute approximate surface area is 194 Å². The van der Waals surface area contributed by atoms with Crippen molar-refractivity contribution in [2.75, 3.05) is 21.0 Å². The second kappa shape index (κ2) is 12.9. The fraction of sp³-hybridized carbons (Fsp3) is 0.450. The molecule has 0 saturated heterocycles. The number of halogens is 1. The van der Waals surface area contributed by atoms with E-state index in [-0.39, 0.29) is 31.9 Å². The molecule has 0 spiro atoms. The zero-order chi connectivity index (χ0) is 23.5. The molecule has 0 unspecified atom stereocenters. The first-order valence-corrected chi connectivity index (χ1v) is 11.0. The molecule has 10 nitrogen and oxygen atoms in total. The van der Waals surface area contributed by atoms with Gasteiger partial charge >= 0.3 is 11.9 Å². The lowest BCUT2D eigenvalue weighted by molar-refractivity contribution is -0.150. The maximum atomic E-state index is 11.7. The molecule has 2 heterocycles. The fourth-order valence-corrected chi connectivity index (χ4v) is 3.74. The zero-order valence-electron chi connectivity index (χ0n) is 17.9. The first-order valence-electron chi connectivity index (χ1n) is 9.64. The molecule has 0 saturated carbocycles. The molecule has 32 heavy (non-hydrogen) atoms. The third kappa shape index (κ3) is 7.41. The standard InChI is InChI=1S/C20H24ClN3O7S/c1-4-12-18(29-3)23-20(32-10-13-14(28-2)8-9-22-17(13)21)24-19(12)31-11-30-16(27)7-5-6-15(25)26/h8-9H,4-7,10-11H2,1-3H3,(H,25,26). The molecule has 0 aliphatic heterocycles. The van der Waals surface area contributed by atoms with Crippen molar-refractivity contribution in [1.29, 1.82) is 0 Å². The molecule has 0 fully saturated rings. The first kappa shape index (κ1) is 25.5. The number of thioether (sulfide) groups is 1. The highest BCUT2D eigenvalue weighted by atomic mass is 35.5. The summed E-state index contributed by atoms with van der Waals surface area (Å²) in [7, 11) is 3.04. The molecule has 12 heteroatoms. The zero-order valence-corrected chi connectivity index (χ0v) is 19.5. The predicted octanol–water partition coefficient (Wildman–Crippen LogP) is 3.53. The normalized spacial score (nSPS) is 10.5. The highest BCUT2D eigenvalue weighted by molar-refractivity contribution is 7.98. The number of carboxylic acid groups (broad SMARTS) is 1. The van der Waals surface area contributed by atoms with E-state index in [0.29, 0.717) is 45.2 Å². The van der Waals surface area contributed by atoms with Gasteiger partial charge in [0.15, 0.2) is 5.16 Å². The summed E-state index contributed by atoms with van der Waals surface area (Å²) in [6.07, 6.45) is 2.15. The van der Waals surface area contributed by atoms with Crippen LogP contribution in [-0.2, 0) is 26.5 Å². The molecule has 0 atom stereocenters. The van der Waals surface area contributed by atoms with Crippen LogP contribution in [-0.4, -0.2) is 53.0 Å². The molecule has 0 aliphatic carbocycles. The number of rotatable bonds is 13. The largest absolute Gasteiger partial charge is 0.496 e. The number of aliphatic carboxylic acids is 1. The number of hydrogen-bond acceptors (Lipinski definition) is 10. The smallest absolute Gasteiger partial charge is 0.308 e. The van der Waals surface area contributed by atoms with Crippen LogP contribution in [0.1, 0.15) is 37.3 Å². The van der Waals surface area contributed by atoms with Crippen LogP contribution in [0.3, 0.4) is 0 Å². The van der Waals surface area contributed by atoms with Crippen molar-refractivity contribution in [2.24, 2.45) is 0 Å². The lowest BCUT2D eigenvalue weighted by Gasteiger charge is -2.14. The maximum Gasteiger partial charge on any atom is 0.308 e. The van der Waals surface area contributed by atoms with Gasteiger partial charge < -0.3 is 24.1 Å². The summed E-state index contributed by atoms with van der Waals surface area (Å²) in [6.45, 7) is 1.52. The van der Waals surface area contributed by atoms with Crippen molar-refractivity contribution in [1.82, 2.24) is 15.0 Å². The van der Waals surface area contributed by atoms with Crippen LogP contribution in [0, 0.1) is 0 Å². The minimum Gasteiger partial charge on any atom is -0.496 e. The number of esters is 1. The highest BCUT2D eigenvalue weighted by Crippen LogP contribution is 2.33. The molecule has 0 amide bonds. The number of carbonyl (C=O) groups excluding carboxylic acids is 1. The Balaban J connectivity index is 2.08. The number of carbonyl (C=O) groups is 2. The number of aromatic nitrogens is 3. The van der Waals surface area contributed by atoms with Crippen LogP contribution < -0.4 is 14.2 Å². The van der Waals surface area contributed by atoms with Gasteiger partial charge in [0.25, 0.3) is 0 Å². The molecule has 0 radical (unpaired) electrons. The van der Waals surface area contributed by atoms with Gasteiger partial charge in [0.05, 0.1) is 19.8 Å². The average Bonchev–Trinajstić information content (AvgIpc) is 2.77. The molecule has 1 N–H and O–H groups in total. The van der Waals surface area contributed by atoms with Gasteiger partial charge in [-0.25, -0.2) is 4.98 Å². The van der Waals surface area contributed by atoms with Crippen LogP contribution in [0.5, 0.6) is 17.5 Å². The Bertz CT molecular complexity index is 946. The summed E-state index contributed by atoms with van der Waals surface area (Å²) < 4.78 is 21.3. The summed E-state index contributed by atoms with van der Waals surface area (Å²) in [5.41, 5.74) is 1.32. The van der Waals surface area contributed by atoms with Crippen molar-refractivity contribution in [2.45, 2.75) is 43.5 Å². The SMILES string of the molecule is CCc1c(OC)nc(SCc2c(OC)ccnc2Cl)nc1OCOC(=O)CCCC(=O)O. The van der Waals surface area contributed by atoms with E-state index in [1.807, 2.05) is 6.92 Å². The number of pyridine rings is 1. The van der Waals surface area contributed by atoms with Crippen molar-refractivity contribution >= 4 is 35.3 Å². The quantitative estimate of drug-likeness (QED) is 0.147. The average molecular weight is 486 g/mol. The number of ether oxygens (including phenoxy) is 4. The van der Waals surface area contributed by atoms with Crippen LogP contribution in [0.15, 0.2) is 17.4 Å². The summed E-state index contributed by atoms with van der Waals surface area (Å²) in [5, 5.41) is 9.31. The number of carboxylic acids is 1. The topological polar surface area (TPSA) is 130 Å². The van der Waals surface area contributed by atoms with E-state index in [1.165, 1.54) is 18.9 Å². The molecular weight excluding hydrogens is 462 g/mol. The third-order valence-electron chi connectivity index (χ3n) is 4.17. The number of hydrogen-bond donors (Lipinski definition) is 1. The summed E-state index contributed by atoms with van der Waals surface area (Å²) in [4.78, 5) is 35.1. The second-order valence-corrected chi connectivity index (χ2v) is 7.55. The van der Waals surface area contributed by atoms with E-state index in [0.717, 1.165) is 0 Å². The second-order valence-electron chi connectivity index (χ2n) is 6.25. The third-order valence-corrected chi connectivity index (χ3v) is 5.37. The molecule has 2 aromatic heterocycles. The number of nitrogens with zero attached hydrogens (tertiary/aromatic N) is 3. The Hall–Kier alpha value is -2.79. The van der Waals surface area contributed by atoms with Gasteiger partial charge in [-0.2, -0.15) is 9.97 Å². The van der Waals surface area contributed by atoms with Crippen LogP contribution in [0.25, 0.3) is 0 Å². The Kier molecular flexibility index (Phi) is 10.3. The van der Waals surface area contributed by atoms with E-state index < -0.39 is 11.9 Å². The minimum absolute atomic E-state index is 0.0157. The lowest BCUT2D eigenvalue weighted by Crippen LogP contribution is -2.13. The van der Waals surface area contributed by atoms with E-state index >= 15 is 0 Å². The maximum absolute atomic E-state index is 11.7. The van der Waals surface area contributed by atoms with E-state index in [2.05, 4.69) is 15.0 Å². The first-order chi connectivity index (χ1) is 15.4. The Morgan fingerprint density at radius 2 is 1.88 bits per heavy atom. The minimum atomic E-state index is -0.968. The predicted molar refractivity (Wildman–Crippen MR) is 116 cm³/mol. The molecule has 0 aliphatic rings. The van der Waals surface area contributed by atoms with Gasteiger partial charge in [-0.1, -0.05) is 30.3 Å². The Morgan fingerprint density at radius 1 is 1.12 bits per heavy atom. The molecular formula is C20H24ClN3O7S. The monoisotopic (exact) mass is 485 g/mol. The van der Waals surface area contributed by atoms with Crippen molar-refractivity contribution in [3.63, 3.8) is 0 Å². The molecule has 2 rings (SSSR count). The highest BCUT2D eigenvalue weighted by Gasteiger charge is 2.18. The van der Waals surface area contributed by atoms with Gasteiger partial charge in [-0.05, 0) is 18.9 Å². The van der Waals surface area contributed by atoms with Gasteiger partial charge in [-0.3, -0.25) is 9.59 Å². The van der Waals surface area contributed by atoms with Gasteiger partial charge in [0.1, 0.15) is 10.9 Å². The van der Waals surface area contributed by atoms with E-state index in [9.17, 15) is 9.59 Å². The molecule has 0 aromatic carbocycles. The van der Waals surface area contributed by atoms with Crippen LogP contribution in [0.2, 0.25) is 5.15 Å². The van der Waals surface area contributed by atoms with Crippen molar-refractivity contribution in [3.05, 3.63) is 28.5 Å². The van der Waals surface area contributed by atoms with Gasteiger partial charge in [0.2, 0.25) is 18.6 Å². The Morgan fingerprint density at radius 3 is 2.53 bits per heavy atom. The summed E-state index contributed by atoms with van der Waals surface area (Å²) in [5.74, 6) is 0.0354. The number of methoxy groups -OCH3 is 2. The molecule has 2 aromatic rings. The lowest BCUT2D eigenvalue weighted by atomic mass is 10.2. The van der Waals surface area contributed by atoms with Crippen molar-refractivity contribution in [3.8, 4) is 17.5 Å². The molecule has 174 valence electrons. The van der Waals surface area contributed by atoms with E-state index in [4.69, 9.17) is 35.7 Å². The fourth-order valence-electron chi connectivity index (χ4n) is 2.60. The summed E-state index contributed by atoms with van der Waals surface area (Å²) >= 11 is 7.47. The van der Waals surface area contributed by atoms with Crippen LogP contribution >= 0.6 is 23.4 Å². The molecule has 0 bridgehead atoms. The van der Waals surface area contributed by atoms with E-state index in [1.54, 1.807) is 19.4 Å². The van der Waals surface area contributed by atoms with Gasteiger partial charge in [-0.15, -0.1) is 0 Å². The van der Waals surface area contributed by atoms with Gasteiger partial charge in [0, 0.05) is 30.4 Å².